The number of halogens is 5. The molecule has 10 nitrogen and oxygen atoms in total. The van der Waals surface area contributed by atoms with E-state index in [0.717, 1.165) is 14.0 Å². The van der Waals surface area contributed by atoms with Gasteiger partial charge in [0.15, 0.2) is 24.0 Å². The van der Waals surface area contributed by atoms with Gasteiger partial charge in [-0.25, -0.2) is 23.5 Å². The molecule has 0 aliphatic rings. The van der Waals surface area contributed by atoms with Gasteiger partial charge in [-0.15, -0.1) is 0 Å². The van der Waals surface area contributed by atoms with Crippen molar-refractivity contribution in [2.24, 2.45) is 7.05 Å². The van der Waals surface area contributed by atoms with Crippen molar-refractivity contribution in [3.63, 3.8) is 0 Å². The van der Waals surface area contributed by atoms with Crippen LogP contribution in [0.3, 0.4) is 0 Å². The van der Waals surface area contributed by atoms with E-state index >= 15 is 0 Å². The Bertz CT molecular complexity index is 1400. The van der Waals surface area contributed by atoms with E-state index in [-0.39, 0.29) is 27.4 Å². The molecule has 0 aliphatic heterocycles. The van der Waals surface area contributed by atoms with E-state index in [1.165, 1.54) is 18.3 Å². The summed E-state index contributed by atoms with van der Waals surface area (Å²) in [5.74, 6) is -3.80. The monoisotopic (exact) mass is 532 g/mol. The Labute approximate surface area is 204 Å². The van der Waals surface area contributed by atoms with Crippen LogP contribution in [0.1, 0.15) is 18.2 Å². The highest BCUT2D eigenvalue weighted by Crippen LogP contribution is 2.34. The van der Waals surface area contributed by atoms with E-state index < -0.39 is 63.8 Å². The van der Waals surface area contributed by atoms with Crippen LogP contribution in [0.5, 0.6) is 17.5 Å². The largest absolute Gasteiger partial charge is 0.463 e. The van der Waals surface area contributed by atoms with Crippen LogP contribution in [-0.4, -0.2) is 38.3 Å². The van der Waals surface area contributed by atoms with Gasteiger partial charge in [0.1, 0.15) is 10.7 Å². The molecule has 0 saturated carbocycles. The molecule has 0 radical (unpaired) electrons. The van der Waals surface area contributed by atoms with Gasteiger partial charge in [-0.3, -0.25) is 9.36 Å². The summed E-state index contributed by atoms with van der Waals surface area (Å²) < 4.78 is 70.6. The molecular weight excluding hydrogens is 516 g/mol. The fourth-order valence-electron chi connectivity index (χ4n) is 3.11. The number of hydrogen-bond donors (Lipinski definition) is 0. The highest BCUT2D eigenvalue weighted by atomic mass is 35.5. The number of ether oxygens (including phenoxy) is 3. The van der Waals surface area contributed by atoms with Gasteiger partial charge in [0.05, 0.1) is 6.61 Å². The van der Waals surface area contributed by atoms with Crippen molar-refractivity contribution in [3.8, 4) is 23.3 Å². The molecule has 0 unspecified atom stereocenters. The van der Waals surface area contributed by atoms with Crippen LogP contribution >= 0.6 is 11.6 Å². The molecule has 0 N–H and O–H groups in total. The van der Waals surface area contributed by atoms with Crippen LogP contribution in [0.2, 0.25) is 5.02 Å². The van der Waals surface area contributed by atoms with Crippen molar-refractivity contribution >= 4 is 17.6 Å². The minimum absolute atomic E-state index is 0.119. The number of aromatic nitrogens is 4. The van der Waals surface area contributed by atoms with E-state index in [1.54, 1.807) is 6.92 Å². The van der Waals surface area contributed by atoms with Crippen LogP contribution in [0.25, 0.3) is 5.82 Å². The Hall–Kier alpha value is -3.94. The molecule has 3 rings (SSSR count). The lowest BCUT2D eigenvalue weighted by Gasteiger charge is -2.17. The summed E-state index contributed by atoms with van der Waals surface area (Å²) in [5, 5.41) is -0.412. The smallest absolute Gasteiger partial charge is 0.432 e. The molecule has 0 bridgehead atoms. The van der Waals surface area contributed by atoms with Gasteiger partial charge in [-0.1, -0.05) is 11.6 Å². The molecule has 0 saturated heterocycles. The number of esters is 1. The van der Waals surface area contributed by atoms with Crippen LogP contribution in [0.4, 0.5) is 17.6 Å². The zero-order chi connectivity index (χ0) is 26.8. The molecule has 3 aromatic heterocycles. The molecule has 3 aromatic rings. The van der Waals surface area contributed by atoms with Gasteiger partial charge >= 0.3 is 17.8 Å². The van der Waals surface area contributed by atoms with Gasteiger partial charge < -0.3 is 14.2 Å². The van der Waals surface area contributed by atoms with Crippen molar-refractivity contribution in [3.05, 3.63) is 67.3 Å². The molecular formula is C21H17ClF4N4O6. The molecule has 0 fully saturated rings. The second-order valence-electron chi connectivity index (χ2n) is 7.04. The van der Waals surface area contributed by atoms with Gasteiger partial charge in [-0.05, 0) is 26.0 Å². The second-order valence-corrected chi connectivity index (χ2v) is 7.44. The van der Waals surface area contributed by atoms with Crippen molar-refractivity contribution in [1.82, 2.24) is 19.1 Å². The lowest BCUT2D eigenvalue weighted by molar-refractivity contribution is -0.146. The van der Waals surface area contributed by atoms with Crippen molar-refractivity contribution in [2.45, 2.75) is 20.0 Å². The minimum Gasteiger partial charge on any atom is -0.463 e. The summed E-state index contributed by atoms with van der Waals surface area (Å²) in [6, 6.07) is 3.42. The Kier molecular flexibility index (Phi) is 7.67. The van der Waals surface area contributed by atoms with Gasteiger partial charge in [-0.2, -0.15) is 18.2 Å². The Morgan fingerprint density at radius 1 is 1.22 bits per heavy atom. The highest BCUT2D eigenvalue weighted by molar-refractivity contribution is 6.31. The maximum absolute atomic E-state index is 14.8. The third-order valence-electron chi connectivity index (χ3n) is 4.63. The number of nitrogens with zero attached hydrogens (tertiary/aromatic N) is 4. The van der Waals surface area contributed by atoms with Crippen LogP contribution in [0, 0.1) is 12.7 Å². The Morgan fingerprint density at radius 2 is 1.92 bits per heavy atom. The lowest BCUT2D eigenvalue weighted by Crippen LogP contribution is -2.43. The number of rotatable bonds is 7. The Balaban J connectivity index is 2.09. The molecule has 0 amide bonds. The molecule has 36 heavy (non-hydrogen) atoms. The fourth-order valence-corrected chi connectivity index (χ4v) is 3.28. The summed E-state index contributed by atoms with van der Waals surface area (Å²) in [5.41, 5.74) is -5.29. The number of carbonyl (C=O) groups excluding carboxylic acids is 1. The van der Waals surface area contributed by atoms with Gasteiger partial charge in [0, 0.05) is 24.9 Å². The molecule has 192 valence electrons. The molecule has 0 aromatic carbocycles. The van der Waals surface area contributed by atoms with Crippen LogP contribution in [-0.2, 0) is 22.8 Å². The summed E-state index contributed by atoms with van der Waals surface area (Å²) in [6.07, 6.45) is -3.70. The third kappa shape index (κ3) is 5.32. The minimum atomic E-state index is -5.02. The van der Waals surface area contributed by atoms with E-state index in [1.807, 2.05) is 0 Å². The summed E-state index contributed by atoms with van der Waals surface area (Å²) in [6.45, 7) is 2.04. The zero-order valence-corrected chi connectivity index (χ0v) is 19.6. The zero-order valence-electron chi connectivity index (χ0n) is 18.9. The van der Waals surface area contributed by atoms with E-state index in [0.29, 0.717) is 6.07 Å². The Morgan fingerprint density at radius 3 is 2.56 bits per heavy atom. The average Bonchev–Trinajstić information content (AvgIpc) is 2.79. The second kappa shape index (κ2) is 10.4. The summed E-state index contributed by atoms with van der Waals surface area (Å²) >= 11 is 6.00. The molecule has 0 spiro atoms. The summed E-state index contributed by atoms with van der Waals surface area (Å²) in [7, 11) is 0.780. The van der Waals surface area contributed by atoms with Crippen molar-refractivity contribution in [2.75, 3.05) is 13.2 Å². The van der Waals surface area contributed by atoms with Gasteiger partial charge in [0.2, 0.25) is 5.88 Å². The third-order valence-corrected chi connectivity index (χ3v) is 4.90. The maximum atomic E-state index is 14.8. The molecule has 0 atom stereocenters. The first-order valence-corrected chi connectivity index (χ1v) is 10.4. The number of carbonyl (C=O) groups is 1. The van der Waals surface area contributed by atoms with E-state index in [4.69, 9.17) is 25.8 Å². The van der Waals surface area contributed by atoms with Gasteiger partial charge in [0.25, 0.3) is 11.4 Å². The lowest BCUT2D eigenvalue weighted by atomic mass is 10.2. The normalized spacial score (nSPS) is 11.3. The predicted octanol–water partition coefficient (Wildman–Crippen LogP) is 3.18. The topological polar surface area (TPSA) is 115 Å². The molecule has 15 heteroatoms. The standard InChI is InChI=1S/C21H17ClF4N4O6/c1-4-34-14(31)9-35-18-13(6-5-7-27-18)36-17-11(22)8-12(23)16(28-17)30-19(32)10(2)15(21(24,25)26)29(3)20(30)33/h5-8H,4,9H2,1-3H3. The van der Waals surface area contributed by atoms with Crippen molar-refractivity contribution in [1.29, 1.82) is 0 Å². The van der Waals surface area contributed by atoms with Crippen molar-refractivity contribution < 1.29 is 36.6 Å². The van der Waals surface area contributed by atoms with Crippen LogP contribution < -0.4 is 20.7 Å². The number of pyridine rings is 2. The van der Waals surface area contributed by atoms with E-state index in [2.05, 4.69) is 9.97 Å². The first-order chi connectivity index (χ1) is 16.9. The molecule has 3 heterocycles. The average molecular weight is 533 g/mol. The fraction of sp³-hybridized carbons (Fsp3) is 0.286. The quantitative estimate of drug-likeness (QED) is 0.337. The summed E-state index contributed by atoms with van der Waals surface area (Å²) in [4.78, 5) is 44.5. The highest BCUT2D eigenvalue weighted by Gasteiger charge is 2.38. The number of hydrogen-bond acceptors (Lipinski definition) is 8. The molecule has 0 aliphatic carbocycles. The SMILES string of the molecule is CCOC(=O)COc1ncccc1Oc1nc(-n2c(=O)c(C)c(C(F)(F)F)n(C)c2=O)c(F)cc1Cl. The number of alkyl halides is 3. The van der Waals surface area contributed by atoms with Crippen LogP contribution in [0.15, 0.2) is 34.0 Å². The first kappa shape index (κ1) is 26.7. The van der Waals surface area contributed by atoms with E-state index in [9.17, 15) is 31.9 Å². The maximum Gasteiger partial charge on any atom is 0.432 e. The first-order valence-electron chi connectivity index (χ1n) is 10.0. The predicted molar refractivity (Wildman–Crippen MR) is 116 cm³/mol.